The van der Waals surface area contributed by atoms with Gasteiger partial charge in [0.2, 0.25) is 0 Å². The first-order valence-electron chi connectivity index (χ1n) is 7.93. The zero-order valence-electron chi connectivity index (χ0n) is 14.4. The van der Waals surface area contributed by atoms with E-state index in [0.717, 1.165) is 11.5 Å². The minimum Gasteiger partial charge on any atom is -0.467 e. The van der Waals surface area contributed by atoms with Gasteiger partial charge in [0, 0.05) is 13.7 Å². The molecule has 3 rings (SSSR count). The number of hydrogen-bond acceptors (Lipinski definition) is 6. The predicted octanol–water partition coefficient (Wildman–Crippen LogP) is 3.90. The van der Waals surface area contributed by atoms with Crippen molar-refractivity contribution in [2.45, 2.75) is 20.4 Å². The van der Waals surface area contributed by atoms with E-state index in [1.807, 2.05) is 38.1 Å². The maximum absolute atomic E-state index is 13.0. The molecule has 3 heterocycles. The second kappa shape index (κ2) is 7.67. The van der Waals surface area contributed by atoms with Crippen LogP contribution in [0.4, 0.5) is 0 Å². The van der Waals surface area contributed by atoms with E-state index in [9.17, 15) is 4.79 Å². The van der Waals surface area contributed by atoms with Gasteiger partial charge in [0.1, 0.15) is 16.4 Å². The molecule has 0 saturated heterocycles. The van der Waals surface area contributed by atoms with Crippen LogP contribution in [-0.2, 0) is 11.3 Å². The van der Waals surface area contributed by atoms with Crippen LogP contribution < -0.4 is 0 Å². The first kappa shape index (κ1) is 17.4. The molecule has 0 unspecified atom stereocenters. The van der Waals surface area contributed by atoms with Gasteiger partial charge < -0.3 is 18.5 Å². The number of ether oxygens (including phenoxy) is 1. The summed E-state index contributed by atoms with van der Waals surface area (Å²) < 4.78 is 16.1. The fourth-order valence-corrected chi connectivity index (χ4v) is 3.43. The SMILES string of the molecule is COCCN(Cc1ccco1)C(=O)c1sc(-c2ccc(C)o2)nc1C. The summed E-state index contributed by atoms with van der Waals surface area (Å²) in [5.74, 6) is 2.14. The Bertz CT molecular complexity index is 835. The van der Waals surface area contributed by atoms with Crippen LogP contribution in [0.1, 0.15) is 26.9 Å². The van der Waals surface area contributed by atoms with E-state index >= 15 is 0 Å². The minimum absolute atomic E-state index is 0.0852. The van der Waals surface area contributed by atoms with Crippen LogP contribution in [0.2, 0.25) is 0 Å². The second-order valence-corrected chi connectivity index (χ2v) is 6.64. The molecule has 0 N–H and O–H groups in total. The summed E-state index contributed by atoms with van der Waals surface area (Å²) in [5, 5.41) is 0.707. The summed E-state index contributed by atoms with van der Waals surface area (Å²) >= 11 is 1.34. The predicted molar refractivity (Wildman–Crippen MR) is 94.6 cm³/mol. The van der Waals surface area contributed by atoms with Gasteiger partial charge in [0.05, 0.1) is 25.1 Å². The Morgan fingerprint density at radius 2 is 2.16 bits per heavy atom. The van der Waals surface area contributed by atoms with Crippen molar-refractivity contribution in [1.29, 1.82) is 0 Å². The molecular weight excluding hydrogens is 340 g/mol. The Kier molecular flexibility index (Phi) is 5.35. The average molecular weight is 360 g/mol. The molecule has 3 aromatic rings. The van der Waals surface area contributed by atoms with Crippen molar-refractivity contribution in [3.8, 4) is 10.8 Å². The molecule has 7 heteroatoms. The van der Waals surface area contributed by atoms with Crippen molar-refractivity contribution in [2.75, 3.05) is 20.3 Å². The van der Waals surface area contributed by atoms with Crippen LogP contribution in [0.25, 0.3) is 10.8 Å². The number of aromatic nitrogens is 1. The van der Waals surface area contributed by atoms with Gasteiger partial charge in [0.15, 0.2) is 10.8 Å². The smallest absolute Gasteiger partial charge is 0.266 e. The summed E-state index contributed by atoms with van der Waals surface area (Å²) in [7, 11) is 1.62. The molecule has 3 aromatic heterocycles. The third-order valence-electron chi connectivity index (χ3n) is 3.72. The van der Waals surface area contributed by atoms with Crippen LogP contribution >= 0.6 is 11.3 Å². The summed E-state index contributed by atoms with van der Waals surface area (Å²) in [6.45, 7) is 5.04. The maximum atomic E-state index is 13.0. The Balaban J connectivity index is 1.84. The normalized spacial score (nSPS) is 11.0. The molecule has 0 aliphatic heterocycles. The highest BCUT2D eigenvalue weighted by molar-refractivity contribution is 7.17. The lowest BCUT2D eigenvalue weighted by Gasteiger charge is -2.20. The highest BCUT2D eigenvalue weighted by atomic mass is 32.1. The average Bonchev–Trinajstić information content (AvgIpc) is 3.32. The molecule has 25 heavy (non-hydrogen) atoms. The fraction of sp³-hybridized carbons (Fsp3) is 0.333. The van der Waals surface area contributed by atoms with Crippen molar-refractivity contribution in [2.24, 2.45) is 0 Å². The number of rotatable bonds is 7. The standard InChI is InChI=1S/C18H20N2O4S/c1-12-6-7-15(24-12)17-19-13(2)16(25-17)18(21)20(8-10-22-3)11-14-5-4-9-23-14/h4-7,9H,8,10-11H2,1-3H3. The second-order valence-electron chi connectivity index (χ2n) is 5.64. The Morgan fingerprint density at radius 1 is 1.32 bits per heavy atom. The van der Waals surface area contributed by atoms with Crippen LogP contribution in [0.15, 0.2) is 39.4 Å². The quantitative estimate of drug-likeness (QED) is 0.639. The largest absolute Gasteiger partial charge is 0.467 e. The lowest BCUT2D eigenvalue weighted by Crippen LogP contribution is -2.33. The van der Waals surface area contributed by atoms with Gasteiger partial charge in [-0.1, -0.05) is 0 Å². The number of nitrogens with zero attached hydrogens (tertiary/aromatic N) is 2. The molecule has 0 fully saturated rings. The molecule has 0 spiro atoms. The van der Waals surface area contributed by atoms with Crippen molar-refractivity contribution >= 4 is 17.2 Å². The van der Waals surface area contributed by atoms with Gasteiger partial charge >= 0.3 is 0 Å². The molecule has 6 nitrogen and oxygen atoms in total. The van der Waals surface area contributed by atoms with E-state index in [4.69, 9.17) is 13.6 Å². The zero-order valence-corrected chi connectivity index (χ0v) is 15.3. The lowest BCUT2D eigenvalue weighted by atomic mass is 10.3. The molecule has 0 aliphatic carbocycles. The molecule has 0 atom stereocenters. The molecule has 0 aromatic carbocycles. The van der Waals surface area contributed by atoms with Crippen molar-refractivity contribution < 1.29 is 18.4 Å². The van der Waals surface area contributed by atoms with Gasteiger partial charge in [-0.15, -0.1) is 11.3 Å². The fourth-order valence-electron chi connectivity index (χ4n) is 2.44. The Morgan fingerprint density at radius 3 is 2.80 bits per heavy atom. The van der Waals surface area contributed by atoms with E-state index in [1.165, 1.54) is 11.3 Å². The number of furan rings is 2. The zero-order chi connectivity index (χ0) is 17.8. The molecule has 1 amide bonds. The first-order valence-corrected chi connectivity index (χ1v) is 8.75. The highest BCUT2D eigenvalue weighted by Crippen LogP contribution is 2.30. The molecular formula is C18H20N2O4S. The van der Waals surface area contributed by atoms with Gasteiger partial charge in [-0.25, -0.2) is 4.98 Å². The van der Waals surface area contributed by atoms with Crippen molar-refractivity contribution in [1.82, 2.24) is 9.88 Å². The topological polar surface area (TPSA) is 68.7 Å². The third-order valence-corrected chi connectivity index (χ3v) is 4.88. The van der Waals surface area contributed by atoms with Gasteiger partial charge in [-0.3, -0.25) is 4.79 Å². The maximum Gasteiger partial charge on any atom is 0.266 e. The van der Waals surface area contributed by atoms with Crippen molar-refractivity contribution in [3.05, 3.63) is 52.6 Å². The van der Waals surface area contributed by atoms with Crippen LogP contribution in [-0.4, -0.2) is 36.1 Å². The van der Waals surface area contributed by atoms with Crippen LogP contribution in [0.3, 0.4) is 0 Å². The number of amides is 1. The third kappa shape index (κ3) is 4.00. The Hall–Kier alpha value is -2.38. The minimum atomic E-state index is -0.0852. The molecule has 0 bridgehead atoms. The van der Waals surface area contributed by atoms with E-state index < -0.39 is 0 Å². The number of methoxy groups -OCH3 is 1. The summed E-state index contributed by atoms with van der Waals surface area (Å²) in [6, 6.07) is 7.41. The number of thiazole rings is 1. The van der Waals surface area contributed by atoms with Crippen molar-refractivity contribution in [3.63, 3.8) is 0 Å². The first-order chi connectivity index (χ1) is 12.1. The van der Waals surface area contributed by atoms with E-state index in [2.05, 4.69) is 4.98 Å². The van der Waals surface area contributed by atoms with E-state index in [-0.39, 0.29) is 5.91 Å². The number of hydrogen-bond donors (Lipinski definition) is 0. The van der Waals surface area contributed by atoms with Gasteiger partial charge in [-0.2, -0.15) is 0 Å². The molecule has 0 aliphatic rings. The van der Waals surface area contributed by atoms with Crippen LogP contribution in [0, 0.1) is 13.8 Å². The Labute approximate surface area is 150 Å². The highest BCUT2D eigenvalue weighted by Gasteiger charge is 2.23. The number of carbonyl (C=O) groups excluding carboxylic acids is 1. The summed E-state index contributed by atoms with van der Waals surface area (Å²) in [5.41, 5.74) is 0.695. The summed E-state index contributed by atoms with van der Waals surface area (Å²) in [6.07, 6.45) is 1.60. The summed E-state index contributed by atoms with van der Waals surface area (Å²) in [4.78, 5) is 19.8. The van der Waals surface area contributed by atoms with Gasteiger partial charge in [-0.05, 0) is 38.1 Å². The van der Waals surface area contributed by atoms with Crippen LogP contribution in [0.5, 0.6) is 0 Å². The van der Waals surface area contributed by atoms with Gasteiger partial charge in [0.25, 0.3) is 5.91 Å². The van der Waals surface area contributed by atoms with E-state index in [1.54, 1.807) is 18.3 Å². The van der Waals surface area contributed by atoms with E-state index in [0.29, 0.717) is 41.0 Å². The number of aryl methyl sites for hydroxylation is 2. The number of carbonyl (C=O) groups is 1. The molecule has 0 radical (unpaired) electrons. The lowest BCUT2D eigenvalue weighted by molar-refractivity contribution is 0.0670. The molecule has 132 valence electrons. The molecule has 0 saturated carbocycles. The monoisotopic (exact) mass is 360 g/mol.